The second-order valence-electron chi connectivity index (χ2n) is 8.71. The summed E-state index contributed by atoms with van der Waals surface area (Å²) in [6, 6.07) is 9.80. The van der Waals surface area contributed by atoms with Gasteiger partial charge in [-0.2, -0.15) is 0 Å². The largest absolute Gasteiger partial charge is 0.348 e. The minimum absolute atomic E-state index is 0.0615. The van der Waals surface area contributed by atoms with Crippen molar-refractivity contribution in [2.24, 2.45) is 0 Å². The van der Waals surface area contributed by atoms with Gasteiger partial charge < -0.3 is 14.8 Å². The maximum absolute atomic E-state index is 13.8. The molecule has 3 N–H and O–H groups in total. The second kappa shape index (κ2) is 9.99. The number of likely N-dealkylation sites (tertiary alicyclic amines) is 1. The van der Waals surface area contributed by atoms with Crippen molar-refractivity contribution in [1.29, 1.82) is 0 Å². The molecule has 0 spiro atoms. The molecule has 3 aromatic rings. The first-order valence-corrected chi connectivity index (χ1v) is 11.5. The molecular formula is C24H28ClFN5O2+. The Morgan fingerprint density at radius 2 is 1.97 bits per heavy atom. The smallest absolute Gasteiger partial charge is 0.336 e. The third kappa shape index (κ3) is 5.58. The number of rotatable bonds is 6. The third-order valence-electron chi connectivity index (χ3n) is 6.06. The summed E-state index contributed by atoms with van der Waals surface area (Å²) in [6.07, 6.45) is 3.21. The minimum Gasteiger partial charge on any atom is -0.348 e. The van der Waals surface area contributed by atoms with Crippen LogP contribution in [0.3, 0.4) is 0 Å². The number of amides is 2. The summed E-state index contributed by atoms with van der Waals surface area (Å²) in [5.41, 5.74) is 0.967. The van der Waals surface area contributed by atoms with Crippen molar-refractivity contribution in [2.45, 2.75) is 45.3 Å². The highest BCUT2D eigenvalue weighted by molar-refractivity contribution is 6.30. The molecule has 1 fully saturated rings. The van der Waals surface area contributed by atoms with Crippen LogP contribution in [0.1, 0.15) is 37.2 Å². The Labute approximate surface area is 196 Å². The number of fused-ring (bicyclic) bond motifs is 1. The van der Waals surface area contributed by atoms with E-state index >= 15 is 0 Å². The van der Waals surface area contributed by atoms with E-state index in [4.69, 9.17) is 11.6 Å². The SMILES string of the molecule is CC(C)N1CCC(NC(=O)c2cc3cc(F)ccc3n2CC(=O)[NH2+]c2ccc(Cl)cn2)CC1. The highest BCUT2D eigenvalue weighted by Gasteiger charge is 2.25. The van der Waals surface area contributed by atoms with E-state index in [0.29, 0.717) is 33.5 Å². The van der Waals surface area contributed by atoms with Gasteiger partial charge in [0.15, 0.2) is 0 Å². The minimum atomic E-state index is -0.393. The topological polar surface area (TPSA) is 83.8 Å². The Balaban J connectivity index is 1.53. The maximum Gasteiger partial charge on any atom is 0.336 e. The number of quaternary nitrogens is 1. The van der Waals surface area contributed by atoms with Gasteiger partial charge in [-0.25, -0.2) is 19.5 Å². The van der Waals surface area contributed by atoms with Crippen LogP contribution < -0.4 is 10.6 Å². The molecule has 33 heavy (non-hydrogen) atoms. The Bertz CT molecular complexity index is 1150. The fourth-order valence-electron chi connectivity index (χ4n) is 4.26. The van der Waals surface area contributed by atoms with Crippen molar-refractivity contribution >= 4 is 40.1 Å². The highest BCUT2D eigenvalue weighted by atomic mass is 35.5. The van der Waals surface area contributed by atoms with Crippen LogP contribution in [0, 0.1) is 5.82 Å². The van der Waals surface area contributed by atoms with Gasteiger partial charge in [-0.1, -0.05) is 11.6 Å². The van der Waals surface area contributed by atoms with E-state index < -0.39 is 5.82 Å². The summed E-state index contributed by atoms with van der Waals surface area (Å²) in [5, 5.41) is 5.58. The van der Waals surface area contributed by atoms with Gasteiger partial charge in [-0.15, -0.1) is 0 Å². The van der Waals surface area contributed by atoms with Gasteiger partial charge in [0.05, 0.1) is 11.2 Å². The molecule has 174 valence electrons. The van der Waals surface area contributed by atoms with Crippen LogP contribution >= 0.6 is 11.6 Å². The van der Waals surface area contributed by atoms with Crippen molar-refractivity contribution in [3.05, 3.63) is 59.1 Å². The van der Waals surface area contributed by atoms with Crippen LogP contribution in [0.15, 0.2) is 42.6 Å². The highest BCUT2D eigenvalue weighted by Crippen LogP contribution is 2.22. The molecule has 1 aliphatic heterocycles. The van der Waals surface area contributed by atoms with E-state index in [9.17, 15) is 14.0 Å². The van der Waals surface area contributed by atoms with Crippen LogP contribution in [0.5, 0.6) is 0 Å². The predicted octanol–water partition coefficient (Wildman–Crippen LogP) is 2.85. The van der Waals surface area contributed by atoms with Gasteiger partial charge in [-0.3, -0.25) is 4.79 Å². The van der Waals surface area contributed by atoms with E-state index in [1.54, 1.807) is 28.8 Å². The molecule has 0 bridgehead atoms. The lowest BCUT2D eigenvalue weighted by atomic mass is 10.0. The number of piperidine rings is 1. The van der Waals surface area contributed by atoms with Crippen LogP contribution in [0.4, 0.5) is 10.2 Å². The van der Waals surface area contributed by atoms with Gasteiger partial charge in [0, 0.05) is 42.1 Å². The second-order valence-corrected chi connectivity index (χ2v) is 9.14. The fraction of sp³-hybridized carbons (Fsp3) is 0.375. The van der Waals surface area contributed by atoms with Gasteiger partial charge in [0.2, 0.25) is 5.82 Å². The number of benzene rings is 1. The molecule has 7 nitrogen and oxygen atoms in total. The quantitative estimate of drug-likeness (QED) is 0.578. The normalized spacial score (nSPS) is 15.3. The Kier molecular flexibility index (Phi) is 7.07. The molecule has 2 amide bonds. The number of carbonyl (C=O) groups excluding carboxylic acids is 2. The number of hydrogen-bond acceptors (Lipinski definition) is 4. The van der Waals surface area contributed by atoms with E-state index in [1.807, 2.05) is 0 Å². The lowest BCUT2D eigenvalue weighted by Gasteiger charge is -2.34. The first-order chi connectivity index (χ1) is 15.8. The number of halogens is 2. The molecular weight excluding hydrogens is 445 g/mol. The first-order valence-electron chi connectivity index (χ1n) is 11.1. The summed E-state index contributed by atoms with van der Waals surface area (Å²) in [4.78, 5) is 32.5. The van der Waals surface area contributed by atoms with Crippen molar-refractivity contribution in [1.82, 2.24) is 19.8 Å². The maximum atomic E-state index is 13.8. The molecule has 2 aromatic heterocycles. The van der Waals surface area contributed by atoms with E-state index in [0.717, 1.165) is 25.9 Å². The summed E-state index contributed by atoms with van der Waals surface area (Å²) in [7, 11) is 0. The van der Waals surface area contributed by atoms with Crippen molar-refractivity contribution < 1.29 is 19.3 Å². The molecule has 0 atom stereocenters. The van der Waals surface area contributed by atoms with Gasteiger partial charge in [0.25, 0.3) is 5.91 Å². The van der Waals surface area contributed by atoms with Crippen molar-refractivity contribution in [3.8, 4) is 0 Å². The zero-order chi connectivity index (χ0) is 23.5. The van der Waals surface area contributed by atoms with E-state index in [1.165, 1.54) is 23.6 Å². The number of hydrogen-bond donors (Lipinski definition) is 2. The summed E-state index contributed by atoms with van der Waals surface area (Å²) >= 11 is 5.86. The number of nitrogens with one attached hydrogen (secondary N) is 1. The zero-order valence-corrected chi connectivity index (χ0v) is 19.5. The molecule has 0 saturated carbocycles. The number of primary amides is 1. The third-order valence-corrected chi connectivity index (χ3v) is 6.29. The molecule has 0 radical (unpaired) electrons. The lowest BCUT2D eigenvalue weighted by molar-refractivity contribution is -0.488. The van der Waals surface area contributed by atoms with Crippen molar-refractivity contribution in [3.63, 3.8) is 0 Å². The fourth-order valence-corrected chi connectivity index (χ4v) is 4.37. The number of pyridine rings is 1. The van der Waals surface area contributed by atoms with Crippen LogP contribution in [0.25, 0.3) is 10.9 Å². The molecule has 9 heteroatoms. The van der Waals surface area contributed by atoms with E-state index in [-0.39, 0.29) is 24.4 Å². The number of carbonyl (C=O) groups is 2. The molecule has 1 aliphatic rings. The predicted molar refractivity (Wildman–Crippen MR) is 125 cm³/mol. The van der Waals surface area contributed by atoms with Gasteiger partial charge in [-0.05, 0) is 57.0 Å². The Morgan fingerprint density at radius 1 is 1.21 bits per heavy atom. The number of nitrogens with two attached hydrogens (primary N) is 1. The first kappa shape index (κ1) is 23.4. The summed E-state index contributed by atoms with van der Waals surface area (Å²) in [5.74, 6) is -0.399. The van der Waals surface area contributed by atoms with Crippen LogP contribution in [-0.4, -0.2) is 51.4 Å². The van der Waals surface area contributed by atoms with Gasteiger partial charge >= 0.3 is 5.91 Å². The number of aromatic nitrogens is 2. The average Bonchev–Trinajstić information content (AvgIpc) is 3.13. The Morgan fingerprint density at radius 3 is 2.64 bits per heavy atom. The molecule has 1 saturated heterocycles. The monoisotopic (exact) mass is 472 g/mol. The van der Waals surface area contributed by atoms with Crippen LogP contribution in [-0.2, 0) is 11.3 Å². The summed E-state index contributed by atoms with van der Waals surface area (Å²) < 4.78 is 15.5. The molecule has 0 aliphatic carbocycles. The number of nitrogens with zero attached hydrogens (tertiary/aromatic N) is 3. The van der Waals surface area contributed by atoms with Crippen LogP contribution in [0.2, 0.25) is 5.02 Å². The molecule has 3 heterocycles. The van der Waals surface area contributed by atoms with Gasteiger partial charge in [0.1, 0.15) is 18.1 Å². The Hall–Kier alpha value is -2.81. The van der Waals surface area contributed by atoms with Crippen molar-refractivity contribution in [2.75, 3.05) is 13.1 Å². The molecule has 1 aromatic carbocycles. The zero-order valence-electron chi connectivity index (χ0n) is 18.7. The lowest BCUT2D eigenvalue weighted by Crippen LogP contribution is -2.83. The molecule has 0 unspecified atom stereocenters. The average molecular weight is 473 g/mol. The summed E-state index contributed by atoms with van der Waals surface area (Å²) in [6.45, 7) is 6.14. The van der Waals surface area contributed by atoms with E-state index in [2.05, 4.69) is 29.0 Å². The standard InChI is InChI=1S/C24H27ClFN5O2/c1-15(2)30-9-7-19(8-10-30)28-24(33)21-12-16-11-18(26)4-5-20(16)31(21)14-23(32)29-22-6-3-17(25)13-27-22/h3-6,11-13,15,19H,7-10,14H2,1-2H3,(H,28,33)(H,27,29,32)/p+1. The molecule has 4 rings (SSSR count).